The van der Waals surface area contributed by atoms with Gasteiger partial charge in [0, 0.05) is 7.05 Å². The lowest BCUT2D eigenvalue weighted by Crippen LogP contribution is -2.23. The minimum atomic E-state index is -3.89. The molecule has 0 fully saturated rings. The topological polar surface area (TPSA) is 86.1 Å². The zero-order valence-corrected chi connectivity index (χ0v) is 11.9. The van der Waals surface area contributed by atoms with Gasteiger partial charge in [0.2, 0.25) is 9.84 Å². The summed E-state index contributed by atoms with van der Waals surface area (Å²) in [5.41, 5.74) is 1.63. The van der Waals surface area contributed by atoms with E-state index in [4.69, 9.17) is 4.84 Å². The van der Waals surface area contributed by atoms with Gasteiger partial charge in [-0.1, -0.05) is 0 Å². The Hall–Kier alpha value is -1.48. The van der Waals surface area contributed by atoms with Crippen LogP contribution in [-0.2, 0) is 27.5 Å². The Bertz CT molecular complexity index is 648. The van der Waals surface area contributed by atoms with E-state index in [1.807, 2.05) is 0 Å². The Labute approximate surface area is 110 Å². The lowest BCUT2D eigenvalue weighted by atomic mass is 10.1. The third kappa shape index (κ3) is 2.47. The highest BCUT2D eigenvalue weighted by molar-refractivity contribution is 7.94. The van der Waals surface area contributed by atoms with Crippen molar-refractivity contribution in [2.24, 2.45) is 7.05 Å². The molecule has 0 atom stereocenters. The molecule has 1 aromatic heterocycles. The van der Waals surface area contributed by atoms with Gasteiger partial charge in [-0.2, -0.15) is 15.0 Å². The average molecular weight is 290 g/mol. The largest absolute Gasteiger partial charge is 0.262 e. The second-order valence-electron chi connectivity index (χ2n) is 4.84. The van der Waals surface area contributed by atoms with E-state index in [9.17, 15) is 12.8 Å². The second-order valence-corrected chi connectivity index (χ2v) is 6.76. The highest BCUT2D eigenvalue weighted by Gasteiger charge is 2.41. The lowest BCUT2D eigenvalue weighted by molar-refractivity contribution is -0.0271. The highest BCUT2D eigenvalue weighted by atomic mass is 32.2. The Morgan fingerprint density at radius 3 is 2.47 bits per heavy atom. The molecular formula is C10H15FN4O3S. The first kappa shape index (κ1) is 13.9. The van der Waals surface area contributed by atoms with Gasteiger partial charge in [0.1, 0.15) is 17.0 Å². The van der Waals surface area contributed by atoms with Crippen LogP contribution in [0.15, 0.2) is 10.9 Å². The van der Waals surface area contributed by atoms with E-state index in [1.54, 1.807) is 14.0 Å². The molecule has 19 heavy (non-hydrogen) atoms. The van der Waals surface area contributed by atoms with Gasteiger partial charge in [-0.25, -0.2) is 12.8 Å². The van der Waals surface area contributed by atoms with Crippen LogP contribution in [-0.4, -0.2) is 29.0 Å². The Morgan fingerprint density at radius 2 is 2.05 bits per heavy atom. The number of aryl methyl sites for hydroxylation is 2. The maximum atomic E-state index is 13.9. The number of sulfone groups is 1. The van der Waals surface area contributed by atoms with Crippen molar-refractivity contribution in [2.45, 2.75) is 32.1 Å². The average Bonchev–Trinajstić information content (AvgIpc) is 2.69. The van der Waals surface area contributed by atoms with Gasteiger partial charge in [0.15, 0.2) is 10.9 Å². The first-order valence-electron chi connectivity index (χ1n) is 5.57. The van der Waals surface area contributed by atoms with Crippen molar-refractivity contribution in [1.29, 1.82) is 0 Å². The molecule has 2 heterocycles. The highest BCUT2D eigenvalue weighted by Crippen LogP contribution is 2.32. The van der Waals surface area contributed by atoms with E-state index in [0.29, 0.717) is 5.69 Å². The van der Waals surface area contributed by atoms with E-state index < -0.39 is 32.0 Å². The van der Waals surface area contributed by atoms with Crippen molar-refractivity contribution in [3.8, 4) is 0 Å². The van der Waals surface area contributed by atoms with Crippen LogP contribution in [0.2, 0.25) is 0 Å². The quantitative estimate of drug-likeness (QED) is 0.872. The molecule has 0 bridgehead atoms. The molecule has 0 aliphatic carbocycles. The molecule has 2 rings (SSSR count). The van der Waals surface area contributed by atoms with Crippen molar-refractivity contribution in [1.82, 2.24) is 20.5 Å². The van der Waals surface area contributed by atoms with Crippen molar-refractivity contribution < 1.29 is 17.6 Å². The number of hydroxylamine groups is 1. The van der Waals surface area contributed by atoms with Gasteiger partial charge < -0.3 is 0 Å². The van der Waals surface area contributed by atoms with Crippen LogP contribution in [0, 0.1) is 6.92 Å². The minimum absolute atomic E-state index is 0.286. The van der Waals surface area contributed by atoms with Gasteiger partial charge in [-0.15, -0.1) is 0 Å². The molecule has 1 aliphatic heterocycles. The number of rotatable bonds is 3. The first-order valence-corrected chi connectivity index (χ1v) is 7.22. The third-order valence-corrected chi connectivity index (χ3v) is 4.28. The SMILES string of the molecule is Cc1nn(C)nc1CS(=O)(=O)C1=C(F)C(C)(C)ON1. The lowest BCUT2D eigenvalue weighted by Gasteiger charge is -2.12. The molecule has 1 aromatic rings. The summed E-state index contributed by atoms with van der Waals surface area (Å²) in [5.74, 6) is -1.27. The molecule has 7 nitrogen and oxygen atoms in total. The Balaban J connectivity index is 2.35. The normalized spacial score (nSPS) is 18.8. The van der Waals surface area contributed by atoms with E-state index in [-0.39, 0.29) is 5.69 Å². The summed E-state index contributed by atoms with van der Waals surface area (Å²) >= 11 is 0. The first-order chi connectivity index (χ1) is 8.63. The van der Waals surface area contributed by atoms with Crippen LogP contribution in [0.1, 0.15) is 25.2 Å². The molecule has 0 spiro atoms. The van der Waals surface area contributed by atoms with Crippen LogP contribution in [0.5, 0.6) is 0 Å². The Morgan fingerprint density at radius 1 is 1.42 bits per heavy atom. The minimum Gasteiger partial charge on any atom is -0.262 e. The fourth-order valence-electron chi connectivity index (χ4n) is 1.67. The fraction of sp³-hybridized carbons (Fsp3) is 0.600. The van der Waals surface area contributed by atoms with Gasteiger partial charge in [0.25, 0.3) is 0 Å². The molecule has 0 aromatic carbocycles. The van der Waals surface area contributed by atoms with Crippen molar-refractivity contribution in [3.63, 3.8) is 0 Å². The van der Waals surface area contributed by atoms with Crippen LogP contribution in [0.4, 0.5) is 4.39 Å². The van der Waals surface area contributed by atoms with Gasteiger partial charge >= 0.3 is 0 Å². The van der Waals surface area contributed by atoms with Crippen molar-refractivity contribution >= 4 is 9.84 Å². The van der Waals surface area contributed by atoms with Gasteiger partial charge in [-0.3, -0.25) is 10.3 Å². The standard InChI is InChI=1S/C10H15FN4O3S/c1-6-7(13-15(4)12-6)5-19(16,17)9-8(11)10(2,3)18-14-9/h14H,5H2,1-4H3. The monoisotopic (exact) mass is 290 g/mol. The predicted octanol–water partition coefficient (Wildman–Crippen LogP) is 0.490. The summed E-state index contributed by atoms with van der Waals surface area (Å²) in [6, 6.07) is 0. The smallest absolute Gasteiger partial charge is 0.203 e. The number of hydrogen-bond acceptors (Lipinski definition) is 6. The Kier molecular flexibility index (Phi) is 3.13. The summed E-state index contributed by atoms with van der Waals surface area (Å²) in [4.78, 5) is 6.18. The van der Waals surface area contributed by atoms with E-state index in [2.05, 4.69) is 15.7 Å². The molecule has 0 radical (unpaired) electrons. The zero-order valence-electron chi connectivity index (χ0n) is 11.1. The molecule has 1 N–H and O–H groups in total. The van der Waals surface area contributed by atoms with Crippen LogP contribution >= 0.6 is 0 Å². The molecule has 0 unspecified atom stereocenters. The number of halogens is 1. The van der Waals surface area contributed by atoms with Crippen LogP contribution < -0.4 is 5.48 Å². The molecule has 9 heteroatoms. The summed E-state index contributed by atoms with van der Waals surface area (Å²) in [7, 11) is -2.30. The molecule has 0 saturated carbocycles. The van der Waals surface area contributed by atoms with E-state index >= 15 is 0 Å². The summed E-state index contributed by atoms with van der Waals surface area (Å²) in [6.07, 6.45) is 0. The maximum Gasteiger partial charge on any atom is 0.203 e. The van der Waals surface area contributed by atoms with Gasteiger partial charge in [-0.05, 0) is 20.8 Å². The van der Waals surface area contributed by atoms with Gasteiger partial charge in [0.05, 0.1) is 5.69 Å². The van der Waals surface area contributed by atoms with E-state index in [1.165, 1.54) is 18.6 Å². The summed E-state index contributed by atoms with van der Waals surface area (Å²) < 4.78 is 38.2. The second kappa shape index (κ2) is 4.27. The molecule has 0 amide bonds. The molecule has 106 valence electrons. The fourth-order valence-corrected chi connectivity index (χ4v) is 3.13. The number of aromatic nitrogens is 3. The van der Waals surface area contributed by atoms with Crippen LogP contribution in [0.25, 0.3) is 0 Å². The summed E-state index contributed by atoms with van der Waals surface area (Å²) in [5, 5.41) is 7.35. The number of nitrogens with zero attached hydrogens (tertiary/aromatic N) is 3. The third-order valence-electron chi connectivity index (χ3n) is 2.74. The number of hydrogen-bond donors (Lipinski definition) is 1. The summed E-state index contributed by atoms with van der Waals surface area (Å²) in [6.45, 7) is 4.52. The molecule has 1 aliphatic rings. The maximum absolute atomic E-state index is 13.9. The van der Waals surface area contributed by atoms with Crippen LogP contribution in [0.3, 0.4) is 0 Å². The molecule has 0 saturated heterocycles. The molecular weight excluding hydrogens is 275 g/mol. The predicted molar refractivity (Wildman–Crippen MR) is 64.8 cm³/mol. The van der Waals surface area contributed by atoms with E-state index in [0.717, 1.165) is 0 Å². The van der Waals surface area contributed by atoms with Crippen molar-refractivity contribution in [2.75, 3.05) is 0 Å². The zero-order chi connectivity index (χ0) is 14.4. The number of nitrogens with one attached hydrogen (secondary N) is 1. The van der Waals surface area contributed by atoms with Crippen molar-refractivity contribution in [3.05, 3.63) is 22.2 Å².